The molecule has 0 saturated carbocycles. The van der Waals surface area contributed by atoms with Crippen LogP contribution in [0.2, 0.25) is 0 Å². The summed E-state index contributed by atoms with van der Waals surface area (Å²) in [6.07, 6.45) is 0.109. The van der Waals surface area contributed by atoms with Crippen LogP contribution < -0.4 is 5.32 Å². The van der Waals surface area contributed by atoms with E-state index in [0.29, 0.717) is 18.6 Å². The van der Waals surface area contributed by atoms with Gasteiger partial charge in [0.05, 0.1) is 11.7 Å². The Morgan fingerprint density at radius 3 is 2.68 bits per heavy atom. The standard InChI is InChI=1S/C15H21BN2O4/c1-10(2)8-14(16(20)21)17-15(19)13-9-12(18-22-13)11-6-4-3-5-7-11/h3-7,10,13-14,20-21H,8-9H2,1-2H3,(H,17,19)/t13?,14-/m0/s1. The minimum atomic E-state index is -1.60. The zero-order valence-corrected chi connectivity index (χ0v) is 12.8. The number of rotatable bonds is 6. The predicted molar refractivity (Wildman–Crippen MR) is 84.0 cm³/mol. The summed E-state index contributed by atoms with van der Waals surface area (Å²) < 4.78 is 0. The highest BCUT2D eigenvalue weighted by Gasteiger charge is 2.33. The second-order valence-electron chi connectivity index (χ2n) is 5.86. The maximum Gasteiger partial charge on any atom is 0.475 e. The highest BCUT2D eigenvalue weighted by molar-refractivity contribution is 6.43. The molecule has 1 aromatic carbocycles. The molecule has 0 spiro atoms. The molecule has 22 heavy (non-hydrogen) atoms. The zero-order valence-electron chi connectivity index (χ0n) is 12.8. The first kappa shape index (κ1) is 16.5. The second kappa shape index (κ2) is 7.42. The van der Waals surface area contributed by atoms with Gasteiger partial charge in [-0.05, 0) is 17.9 Å². The van der Waals surface area contributed by atoms with Crippen LogP contribution in [0.25, 0.3) is 0 Å². The molecule has 0 saturated heterocycles. The lowest BCUT2D eigenvalue weighted by atomic mass is 9.75. The van der Waals surface area contributed by atoms with Crippen LogP contribution in [0, 0.1) is 5.92 Å². The largest absolute Gasteiger partial charge is 0.475 e. The van der Waals surface area contributed by atoms with Crippen molar-refractivity contribution in [3.05, 3.63) is 35.9 Å². The second-order valence-corrected chi connectivity index (χ2v) is 5.86. The molecular formula is C15H21BN2O4. The van der Waals surface area contributed by atoms with E-state index in [1.165, 1.54) is 0 Å². The minimum absolute atomic E-state index is 0.229. The lowest BCUT2D eigenvalue weighted by Gasteiger charge is -2.20. The van der Waals surface area contributed by atoms with Gasteiger partial charge in [-0.1, -0.05) is 49.3 Å². The number of carbonyl (C=O) groups excluding carboxylic acids is 1. The van der Waals surface area contributed by atoms with Crippen LogP contribution in [0.4, 0.5) is 0 Å². The van der Waals surface area contributed by atoms with Gasteiger partial charge in [-0.3, -0.25) is 4.79 Å². The van der Waals surface area contributed by atoms with Gasteiger partial charge in [0.25, 0.3) is 5.91 Å². The summed E-state index contributed by atoms with van der Waals surface area (Å²) in [5, 5.41) is 25.3. The van der Waals surface area contributed by atoms with Crippen LogP contribution in [0.1, 0.15) is 32.3 Å². The van der Waals surface area contributed by atoms with Gasteiger partial charge in [-0.2, -0.15) is 0 Å². The lowest BCUT2D eigenvalue weighted by Crippen LogP contribution is -2.50. The first-order valence-corrected chi connectivity index (χ1v) is 7.42. The molecule has 1 unspecified atom stereocenters. The molecule has 1 aliphatic heterocycles. The minimum Gasteiger partial charge on any atom is -0.426 e. The molecule has 1 aromatic rings. The molecule has 0 bridgehead atoms. The SMILES string of the molecule is CC(C)C[C@H](NC(=O)C1CC(c2ccccc2)=NO1)B(O)O. The molecule has 0 aliphatic carbocycles. The van der Waals surface area contributed by atoms with E-state index in [4.69, 9.17) is 4.84 Å². The van der Waals surface area contributed by atoms with Crippen LogP contribution in [0.5, 0.6) is 0 Å². The fourth-order valence-corrected chi connectivity index (χ4v) is 2.36. The summed E-state index contributed by atoms with van der Waals surface area (Å²) in [4.78, 5) is 17.4. The van der Waals surface area contributed by atoms with Gasteiger partial charge in [0.2, 0.25) is 6.10 Å². The lowest BCUT2D eigenvalue weighted by molar-refractivity contribution is -0.131. The molecule has 1 amide bonds. The first-order chi connectivity index (χ1) is 10.5. The van der Waals surface area contributed by atoms with Crippen molar-refractivity contribution in [3.8, 4) is 0 Å². The van der Waals surface area contributed by atoms with Crippen LogP contribution in [0.3, 0.4) is 0 Å². The van der Waals surface area contributed by atoms with Gasteiger partial charge in [0.1, 0.15) is 0 Å². The molecule has 118 valence electrons. The Hall–Kier alpha value is -1.86. The summed E-state index contributed by atoms with van der Waals surface area (Å²) in [5.41, 5.74) is 1.63. The van der Waals surface area contributed by atoms with Gasteiger partial charge in [0.15, 0.2) is 0 Å². The van der Waals surface area contributed by atoms with Gasteiger partial charge >= 0.3 is 7.12 Å². The first-order valence-electron chi connectivity index (χ1n) is 7.42. The predicted octanol–water partition coefficient (Wildman–Crippen LogP) is 0.722. The maximum atomic E-state index is 12.2. The topological polar surface area (TPSA) is 91.2 Å². The molecule has 0 radical (unpaired) electrons. The molecule has 1 heterocycles. The molecule has 2 atom stereocenters. The van der Waals surface area contributed by atoms with Crippen molar-refractivity contribution in [1.29, 1.82) is 0 Å². The average Bonchev–Trinajstić information content (AvgIpc) is 2.96. The zero-order chi connectivity index (χ0) is 16.1. The smallest absolute Gasteiger partial charge is 0.426 e. The third-order valence-electron chi connectivity index (χ3n) is 3.48. The van der Waals surface area contributed by atoms with E-state index < -0.39 is 19.2 Å². The van der Waals surface area contributed by atoms with Crippen LogP contribution in [0.15, 0.2) is 35.5 Å². The fourth-order valence-electron chi connectivity index (χ4n) is 2.36. The highest BCUT2D eigenvalue weighted by atomic mass is 16.6. The molecular weight excluding hydrogens is 283 g/mol. The average molecular weight is 304 g/mol. The van der Waals surface area contributed by atoms with Crippen LogP contribution in [-0.4, -0.2) is 40.8 Å². The number of nitrogens with zero attached hydrogens (tertiary/aromatic N) is 1. The fraction of sp³-hybridized carbons (Fsp3) is 0.467. The van der Waals surface area contributed by atoms with Crippen molar-refractivity contribution < 1.29 is 19.7 Å². The van der Waals surface area contributed by atoms with Crippen molar-refractivity contribution in [2.24, 2.45) is 11.1 Å². The summed E-state index contributed by atoms with van der Waals surface area (Å²) in [7, 11) is -1.60. The van der Waals surface area contributed by atoms with E-state index in [9.17, 15) is 14.8 Å². The number of benzene rings is 1. The van der Waals surface area contributed by atoms with Crippen molar-refractivity contribution in [3.63, 3.8) is 0 Å². The molecule has 0 aromatic heterocycles. The van der Waals surface area contributed by atoms with Gasteiger partial charge in [-0.25, -0.2) is 0 Å². The number of carbonyl (C=O) groups is 1. The number of hydrogen-bond donors (Lipinski definition) is 3. The Bertz CT molecular complexity index is 534. The van der Waals surface area contributed by atoms with E-state index in [-0.39, 0.29) is 11.8 Å². The van der Waals surface area contributed by atoms with Crippen molar-refractivity contribution in [2.75, 3.05) is 0 Å². The Balaban J connectivity index is 1.92. The summed E-state index contributed by atoms with van der Waals surface area (Å²) in [6, 6.07) is 9.50. The molecule has 6 nitrogen and oxygen atoms in total. The van der Waals surface area contributed by atoms with Gasteiger partial charge in [0, 0.05) is 6.42 Å². The quantitative estimate of drug-likeness (QED) is 0.675. The van der Waals surface area contributed by atoms with Crippen molar-refractivity contribution >= 4 is 18.7 Å². The number of hydrogen-bond acceptors (Lipinski definition) is 5. The third-order valence-corrected chi connectivity index (χ3v) is 3.48. The molecule has 1 aliphatic rings. The van der Waals surface area contributed by atoms with E-state index in [1.807, 2.05) is 44.2 Å². The van der Waals surface area contributed by atoms with E-state index in [0.717, 1.165) is 5.56 Å². The van der Waals surface area contributed by atoms with Gasteiger partial charge < -0.3 is 20.2 Å². The van der Waals surface area contributed by atoms with Gasteiger partial charge in [-0.15, -0.1) is 0 Å². The van der Waals surface area contributed by atoms with E-state index in [2.05, 4.69) is 10.5 Å². The molecule has 7 heteroatoms. The summed E-state index contributed by atoms with van der Waals surface area (Å²) in [5.74, 6) is -0.863. The monoisotopic (exact) mass is 304 g/mol. The highest BCUT2D eigenvalue weighted by Crippen LogP contribution is 2.17. The van der Waals surface area contributed by atoms with E-state index in [1.54, 1.807) is 0 Å². The van der Waals surface area contributed by atoms with Crippen LogP contribution in [-0.2, 0) is 9.63 Å². The molecule has 2 rings (SSSR count). The van der Waals surface area contributed by atoms with Crippen LogP contribution >= 0.6 is 0 Å². The number of nitrogens with one attached hydrogen (secondary N) is 1. The maximum absolute atomic E-state index is 12.2. The summed E-state index contributed by atoms with van der Waals surface area (Å²) in [6.45, 7) is 3.90. The normalized spacial score (nSPS) is 18.6. The molecule has 3 N–H and O–H groups in total. The van der Waals surface area contributed by atoms with Crippen molar-refractivity contribution in [2.45, 2.75) is 38.7 Å². The van der Waals surface area contributed by atoms with Crippen molar-refractivity contribution in [1.82, 2.24) is 5.32 Å². The molecule has 0 fully saturated rings. The Kier molecular flexibility index (Phi) is 5.57. The number of amides is 1. The Morgan fingerprint density at radius 2 is 2.09 bits per heavy atom. The Labute approximate surface area is 130 Å². The summed E-state index contributed by atoms with van der Waals surface area (Å²) >= 11 is 0. The Morgan fingerprint density at radius 1 is 1.41 bits per heavy atom. The number of oxime groups is 1. The van der Waals surface area contributed by atoms with E-state index >= 15 is 0 Å². The third kappa shape index (κ3) is 4.32.